The second-order valence-electron chi connectivity index (χ2n) is 4.23. The van der Waals surface area contributed by atoms with E-state index in [1.165, 1.54) is 24.3 Å². The van der Waals surface area contributed by atoms with E-state index in [0.717, 1.165) is 0 Å². The van der Waals surface area contributed by atoms with Crippen molar-refractivity contribution in [1.82, 2.24) is 5.01 Å². The Balaban J connectivity index is 2.38. The normalized spacial score (nSPS) is 22.6. The van der Waals surface area contributed by atoms with Crippen molar-refractivity contribution < 1.29 is 27.5 Å². The van der Waals surface area contributed by atoms with E-state index in [9.17, 15) is 27.5 Å². The largest absolute Gasteiger partial charge is 0.364 e. The number of hydrogen-bond donors (Lipinski definition) is 1. The lowest BCUT2D eigenvalue weighted by atomic mass is 10.1. The van der Waals surface area contributed by atoms with Crippen LogP contribution in [0.4, 0.5) is 17.6 Å². The summed E-state index contributed by atoms with van der Waals surface area (Å²) < 4.78 is 51.0. The standard InChI is InChI=1S/C12H10F4N2O2/c13-9(14)8-6-12(20,11(15)16)18(17-8)10(19)7-4-2-1-3-5-7/h1-5,9,11,20H,6H2. The summed E-state index contributed by atoms with van der Waals surface area (Å²) in [7, 11) is 0. The molecule has 1 atom stereocenters. The molecule has 1 N–H and O–H groups in total. The third-order valence-electron chi connectivity index (χ3n) is 2.85. The van der Waals surface area contributed by atoms with E-state index >= 15 is 0 Å². The highest BCUT2D eigenvalue weighted by molar-refractivity contribution is 5.99. The number of aliphatic hydroxyl groups is 1. The molecule has 0 saturated heterocycles. The summed E-state index contributed by atoms with van der Waals surface area (Å²) in [5, 5.41) is 13.0. The van der Waals surface area contributed by atoms with Crippen molar-refractivity contribution in [2.24, 2.45) is 5.10 Å². The Hall–Kier alpha value is -1.96. The fourth-order valence-electron chi connectivity index (χ4n) is 1.81. The van der Waals surface area contributed by atoms with Crippen molar-refractivity contribution in [1.29, 1.82) is 0 Å². The molecule has 0 radical (unpaired) electrons. The van der Waals surface area contributed by atoms with Crippen LogP contribution in [0.15, 0.2) is 35.4 Å². The molecule has 0 fully saturated rings. The number of amides is 1. The molecule has 8 heteroatoms. The van der Waals surface area contributed by atoms with Crippen LogP contribution in [-0.4, -0.2) is 40.3 Å². The first kappa shape index (κ1) is 14.4. The maximum atomic E-state index is 12.9. The summed E-state index contributed by atoms with van der Waals surface area (Å²) in [5.74, 6) is -1.07. The van der Waals surface area contributed by atoms with E-state index in [-0.39, 0.29) is 10.6 Å². The highest BCUT2D eigenvalue weighted by Gasteiger charge is 2.53. The highest BCUT2D eigenvalue weighted by Crippen LogP contribution is 2.34. The van der Waals surface area contributed by atoms with Crippen molar-refractivity contribution in [3.8, 4) is 0 Å². The van der Waals surface area contributed by atoms with Gasteiger partial charge in [0, 0.05) is 12.0 Å². The molecule has 20 heavy (non-hydrogen) atoms. The van der Waals surface area contributed by atoms with Gasteiger partial charge in [0.25, 0.3) is 18.8 Å². The Morgan fingerprint density at radius 3 is 2.35 bits per heavy atom. The van der Waals surface area contributed by atoms with Crippen LogP contribution in [0.5, 0.6) is 0 Å². The summed E-state index contributed by atoms with van der Waals surface area (Å²) in [4.78, 5) is 12.0. The zero-order valence-electron chi connectivity index (χ0n) is 10.0. The van der Waals surface area contributed by atoms with Gasteiger partial charge < -0.3 is 5.11 Å². The van der Waals surface area contributed by atoms with Gasteiger partial charge in [-0.15, -0.1) is 0 Å². The van der Waals surface area contributed by atoms with Crippen LogP contribution >= 0.6 is 0 Å². The predicted molar refractivity (Wildman–Crippen MR) is 61.6 cm³/mol. The zero-order valence-corrected chi connectivity index (χ0v) is 10.0. The number of hydrogen-bond acceptors (Lipinski definition) is 3. The number of halogens is 4. The average Bonchev–Trinajstić information content (AvgIpc) is 2.79. The third-order valence-corrected chi connectivity index (χ3v) is 2.85. The summed E-state index contributed by atoms with van der Waals surface area (Å²) in [5.41, 5.74) is -4.03. The van der Waals surface area contributed by atoms with Crippen molar-refractivity contribution in [3.05, 3.63) is 35.9 Å². The van der Waals surface area contributed by atoms with Gasteiger partial charge in [0.1, 0.15) is 5.71 Å². The fourth-order valence-corrected chi connectivity index (χ4v) is 1.81. The fraction of sp³-hybridized carbons (Fsp3) is 0.333. The summed E-state index contributed by atoms with van der Waals surface area (Å²) >= 11 is 0. The number of alkyl halides is 4. The van der Waals surface area contributed by atoms with E-state index in [0.29, 0.717) is 0 Å². The van der Waals surface area contributed by atoms with Crippen molar-refractivity contribution in [2.45, 2.75) is 25.0 Å². The molecule has 0 saturated carbocycles. The Kier molecular flexibility index (Phi) is 3.76. The molecule has 0 spiro atoms. The van der Waals surface area contributed by atoms with E-state index in [2.05, 4.69) is 5.10 Å². The number of benzene rings is 1. The maximum Gasteiger partial charge on any atom is 0.287 e. The summed E-state index contributed by atoms with van der Waals surface area (Å²) in [6, 6.07) is 7.16. The molecule has 108 valence electrons. The Morgan fingerprint density at radius 1 is 1.25 bits per heavy atom. The molecule has 1 unspecified atom stereocenters. The van der Waals surface area contributed by atoms with Gasteiger partial charge >= 0.3 is 0 Å². The Morgan fingerprint density at radius 2 is 1.85 bits per heavy atom. The second kappa shape index (κ2) is 5.20. The molecular formula is C12H10F4N2O2. The average molecular weight is 290 g/mol. The van der Waals surface area contributed by atoms with E-state index in [4.69, 9.17) is 0 Å². The first-order valence-corrected chi connectivity index (χ1v) is 5.62. The number of rotatable bonds is 3. The minimum Gasteiger partial charge on any atom is -0.364 e. The molecular weight excluding hydrogens is 280 g/mol. The Labute approximate surface area is 111 Å². The predicted octanol–water partition coefficient (Wildman–Crippen LogP) is 2.11. The molecule has 4 nitrogen and oxygen atoms in total. The maximum absolute atomic E-state index is 12.9. The van der Waals surface area contributed by atoms with Crippen LogP contribution in [-0.2, 0) is 0 Å². The van der Waals surface area contributed by atoms with Gasteiger partial charge in [0.15, 0.2) is 0 Å². The van der Waals surface area contributed by atoms with Crippen molar-refractivity contribution in [3.63, 3.8) is 0 Å². The van der Waals surface area contributed by atoms with Gasteiger partial charge in [0.2, 0.25) is 5.72 Å². The van der Waals surface area contributed by atoms with Gasteiger partial charge in [-0.1, -0.05) is 18.2 Å². The molecule has 1 aromatic carbocycles. The Bertz CT molecular complexity index is 536. The first-order valence-electron chi connectivity index (χ1n) is 5.62. The van der Waals surface area contributed by atoms with Crippen LogP contribution < -0.4 is 0 Å². The smallest absolute Gasteiger partial charge is 0.287 e. The van der Waals surface area contributed by atoms with Crippen LogP contribution in [0.1, 0.15) is 16.8 Å². The minimum absolute atomic E-state index is 0.0362. The molecule has 0 aromatic heterocycles. The van der Waals surface area contributed by atoms with Gasteiger partial charge in [0.05, 0.1) is 0 Å². The van der Waals surface area contributed by atoms with E-state index in [1.807, 2.05) is 0 Å². The molecule has 0 bridgehead atoms. The molecule has 1 aromatic rings. The molecule has 1 amide bonds. The number of carbonyl (C=O) groups is 1. The topological polar surface area (TPSA) is 52.9 Å². The number of hydrazone groups is 1. The lowest BCUT2D eigenvalue weighted by molar-refractivity contribution is -0.164. The lowest BCUT2D eigenvalue weighted by Gasteiger charge is -2.29. The van der Waals surface area contributed by atoms with Crippen molar-refractivity contribution in [2.75, 3.05) is 0 Å². The zero-order chi connectivity index (χ0) is 14.9. The van der Waals surface area contributed by atoms with E-state index in [1.54, 1.807) is 6.07 Å². The van der Waals surface area contributed by atoms with Crippen LogP contribution in [0.3, 0.4) is 0 Å². The van der Waals surface area contributed by atoms with Gasteiger partial charge in [-0.05, 0) is 12.1 Å². The summed E-state index contributed by atoms with van der Waals surface area (Å²) in [6.07, 6.45) is -7.62. The lowest BCUT2D eigenvalue weighted by Crippen LogP contribution is -2.51. The molecule has 1 heterocycles. The van der Waals surface area contributed by atoms with Crippen LogP contribution in [0, 0.1) is 0 Å². The second-order valence-corrected chi connectivity index (χ2v) is 4.23. The highest BCUT2D eigenvalue weighted by atomic mass is 19.3. The molecule has 1 aliphatic rings. The monoisotopic (exact) mass is 290 g/mol. The number of carbonyl (C=O) groups excluding carboxylic acids is 1. The van der Waals surface area contributed by atoms with Crippen LogP contribution in [0.25, 0.3) is 0 Å². The van der Waals surface area contributed by atoms with Crippen molar-refractivity contribution >= 4 is 11.6 Å². The SMILES string of the molecule is O=C(c1ccccc1)N1N=C(C(F)F)CC1(O)C(F)F. The van der Waals surface area contributed by atoms with Gasteiger partial charge in [-0.25, -0.2) is 17.6 Å². The summed E-state index contributed by atoms with van der Waals surface area (Å²) in [6.45, 7) is 0. The third kappa shape index (κ3) is 2.38. The minimum atomic E-state index is -3.42. The number of nitrogens with zero attached hydrogens (tertiary/aromatic N) is 2. The van der Waals surface area contributed by atoms with Gasteiger partial charge in [-0.3, -0.25) is 4.79 Å². The van der Waals surface area contributed by atoms with E-state index < -0.39 is 36.6 Å². The van der Waals surface area contributed by atoms with Crippen LogP contribution in [0.2, 0.25) is 0 Å². The molecule has 2 rings (SSSR count). The molecule has 1 aliphatic heterocycles. The first-order chi connectivity index (χ1) is 9.36. The molecule has 0 aliphatic carbocycles. The van der Waals surface area contributed by atoms with Gasteiger partial charge in [-0.2, -0.15) is 10.1 Å². The quantitative estimate of drug-likeness (QED) is 0.867.